The van der Waals surface area contributed by atoms with Crippen molar-refractivity contribution in [3.63, 3.8) is 0 Å². The summed E-state index contributed by atoms with van der Waals surface area (Å²) in [4.78, 5) is 0.323. The van der Waals surface area contributed by atoms with Crippen molar-refractivity contribution in [3.8, 4) is 0 Å². The molecular weight excluding hydrogens is 330 g/mol. The summed E-state index contributed by atoms with van der Waals surface area (Å²) >= 11 is 0. The Morgan fingerprint density at radius 3 is 2.32 bits per heavy atom. The van der Waals surface area contributed by atoms with Gasteiger partial charge in [-0.1, -0.05) is 60.2 Å². The third-order valence-corrected chi connectivity index (χ3v) is 6.32. The lowest BCUT2D eigenvalue weighted by Gasteiger charge is -2.21. The topological polar surface area (TPSA) is 46.2 Å². The molecule has 0 saturated heterocycles. The number of sulfonamides is 1. The van der Waals surface area contributed by atoms with Crippen molar-refractivity contribution >= 4 is 20.8 Å². The van der Waals surface area contributed by atoms with Crippen molar-refractivity contribution in [2.75, 3.05) is 0 Å². The number of aryl methyl sites for hydroxylation is 1. The molecule has 0 radical (unpaired) electrons. The second-order valence-electron chi connectivity index (χ2n) is 6.82. The van der Waals surface area contributed by atoms with Gasteiger partial charge in [-0.3, -0.25) is 0 Å². The van der Waals surface area contributed by atoms with Crippen LogP contribution in [0, 0.1) is 12.8 Å². The summed E-state index contributed by atoms with van der Waals surface area (Å²) in [6.45, 7) is 1.95. The molecule has 4 rings (SSSR count). The minimum atomic E-state index is -3.55. The van der Waals surface area contributed by atoms with Gasteiger partial charge in [-0.2, -0.15) is 0 Å². The van der Waals surface area contributed by atoms with Gasteiger partial charge in [0, 0.05) is 0 Å². The Hall–Kier alpha value is -2.17. The van der Waals surface area contributed by atoms with E-state index in [0.717, 1.165) is 34.7 Å². The summed E-state index contributed by atoms with van der Waals surface area (Å²) in [6, 6.07) is 21.1. The molecule has 25 heavy (non-hydrogen) atoms. The van der Waals surface area contributed by atoms with Crippen LogP contribution in [0.3, 0.4) is 0 Å². The van der Waals surface area contributed by atoms with Crippen molar-refractivity contribution in [2.24, 2.45) is 5.92 Å². The van der Waals surface area contributed by atoms with E-state index in [9.17, 15) is 8.42 Å². The first-order chi connectivity index (χ1) is 12.0. The van der Waals surface area contributed by atoms with Crippen LogP contribution >= 0.6 is 0 Å². The zero-order valence-corrected chi connectivity index (χ0v) is 15.0. The van der Waals surface area contributed by atoms with Crippen molar-refractivity contribution in [1.82, 2.24) is 4.72 Å². The van der Waals surface area contributed by atoms with Crippen molar-refractivity contribution in [3.05, 3.63) is 77.9 Å². The molecule has 1 fully saturated rings. The summed E-state index contributed by atoms with van der Waals surface area (Å²) in [7, 11) is -3.55. The first-order valence-corrected chi connectivity index (χ1v) is 10.1. The minimum Gasteiger partial charge on any atom is -0.207 e. The second kappa shape index (κ2) is 6.28. The molecular formula is C21H21NO2S. The zero-order valence-electron chi connectivity index (χ0n) is 14.1. The highest BCUT2D eigenvalue weighted by Crippen LogP contribution is 2.43. The molecule has 3 aromatic carbocycles. The van der Waals surface area contributed by atoms with E-state index in [1.807, 2.05) is 43.3 Å². The van der Waals surface area contributed by atoms with Crippen LogP contribution in [0.5, 0.6) is 0 Å². The molecule has 0 bridgehead atoms. The molecule has 128 valence electrons. The third-order valence-electron chi connectivity index (χ3n) is 4.87. The fourth-order valence-electron chi connectivity index (χ4n) is 3.32. The second-order valence-corrected chi connectivity index (χ2v) is 8.53. The van der Waals surface area contributed by atoms with Gasteiger partial charge in [0.15, 0.2) is 0 Å². The molecule has 3 aromatic rings. The molecule has 3 nitrogen and oxygen atoms in total. The maximum atomic E-state index is 12.9. The van der Waals surface area contributed by atoms with Crippen LogP contribution in [0.1, 0.15) is 30.0 Å². The van der Waals surface area contributed by atoms with E-state index in [0.29, 0.717) is 10.8 Å². The van der Waals surface area contributed by atoms with Gasteiger partial charge in [0.1, 0.15) is 0 Å². The standard InChI is InChI=1S/C21H21NO2S/c1-15-9-13-18(14-10-15)25(23,24)22-21(17-11-12-17)20-8-4-6-16-5-2-3-7-19(16)20/h2-10,13-14,17,21-22H,11-12H2,1H3/t21-/m0/s1. The molecule has 0 unspecified atom stereocenters. The molecule has 1 N–H and O–H groups in total. The van der Waals surface area contributed by atoms with Crippen molar-refractivity contribution in [2.45, 2.75) is 30.7 Å². The Morgan fingerprint density at radius 2 is 1.60 bits per heavy atom. The minimum absolute atomic E-state index is 0.183. The van der Waals surface area contributed by atoms with Crippen LogP contribution in [-0.2, 0) is 10.0 Å². The fourth-order valence-corrected chi connectivity index (χ4v) is 4.60. The Balaban J connectivity index is 1.74. The first-order valence-electron chi connectivity index (χ1n) is 8.61. The molecule has 0 spiro atoms. The average molecular weight is 351 g/mol. The highest BCUT2D eigenvalue weighted by molar-refractivity contribution is 7.89. The van der Waals surface area contributed by atoms with Crippen LogP contribution in [0.2, 0.25) is 0 Å². The van der Waals surface area contributed by atoms with Gasteiger partial charge >= 0.3 is 0 Å². The molecule has 1 aliphatic carbocycles. The number of rotatable bonds is 5. The van der Waals surface area contributed by atoms with Gasteiger partial charge in [0.2, 0.25) is 10.0 Å². The molecule has 0 aliphatic heterocycles. The van der Waals surface area contributed by atoms with Crippen molar-refractivity contribution < 1.29 is 8.42 Å². The Bertz CT molecular complexity index is 1000. The normalized spacial score (nSPS) is 16.0. The predicted molar refractivity (Wildman–Crippen MR) is 101 cm³/mol. The van der Waals surface area contributed by atoms with Gasteiger partial charge in [-0.05, 0) is 54.2 Å². The highest BCUT2D eigenvalue weighted by Gasteiger charge is 2.36. The van der Waals surface area contributed by atoms with Gasteiger partial charge in [-0.15, -0.1) is 0 Å². The molecule has 4 heteroatoms. The van der Waals surface area contributed by atoms with Crippen LogP contribution in [0.4, 0.5) is 0 Å². The summed E-state index contributed by atoms with van der Waals surface area (Å²) in [5.41, 5.74) is 2.11. The quantitative estimate of drug-likeness (QED) is 0.731. The predicted octanol–water partition coefficient (Wildman–Crippen LogP) is 4.58. The van der Waals surface area contributed by atoms with Gasteiger partial charge in [-0.25, -0.2) is 13.1 Å². The molecule has 1 atom stereocenters. The number of hydrogen-bond donors (Lipinski definition) is 1. The third kappa shape index (κ3) is 3.32. The lowest BCUT2D eigenvalue weighted by Crippen LogP contribution is -2.30. The Morgan fingerprint density at radius 1 is 0.920 bits per heavy atom. The van der Waals surface area contributed by atoms with E-state index < -0.39 is 10.0 Å². The fraction of sp³-hybridized carbons (Fsp3) is 0.238. The molecule has 0 amide bonds. The smallest absolute Gasteiger partial charge is 0.207 e. The lowest BCUT2D eigenvalue weighted by atomic mass is 9.96. The number of benzene rings is 3. The van der Waals surface area contributed by atoms with E-state index in [1.54, 1.807) is 12.1 Å². The lowest BCUT2D eigenvalue weighted by molar-refractivity contribution is 0.531. The largest absolute Gasteiger partial charge is 0.241 e. The maximum absolute atomic E-state index is 12.9. The maximum Gasteiger partial charge on any atom is 0.241 e. The molecule has 0 aromatic heterocycles. The zero-order chi connectivity index (χ0) is 17.4. The van der Waals surface area contributed by atoms with E-state index in [4.69, 9.17) is 0 Å². The van der Waals surface area contributed by atoms with Gasteiger partial charge in [0.05, 0.1) is 10.9 Å². The Kier molecular flexibility index (Phi) is 4.10. The van der Waals surface area contributed by atoms with Crippen LogP contribution in [0.15, 0.2) is 71.6 Å². The summed E-state index contributed by atoms with van der Waals surface area (Å²) < 4.78 is 28.7. The highest BCUT2D eigenvalue weighted by atomic mass is 32.2. The number of nitrogens with one attached hydrogen (secondary N) is 1. The summed E-state index contributed by atoms with van der Waals surface area (Å²) in [5.74, 6) is 0.367. The van der Waals surface area contributed by atoms with Crippen molar-refractivity contribution in [1.29, 1.82) is 0 Å². The summed E-state index contributed by atoms with van der Waals surface area (Å²) in [5, 5.41) is 2.26. The monoisotopic (exact) mass is 351 g/mol. The molecule has 1 aliphatic rings. The molecule has 0 heterocycles. The van der Waals surface area contributed by atoms with E-state index in [2.05, 4.69) is 22.9 Å². The number of hydrogen-bond acceptors (Lipinski definition) is 2. The first kappa shape index (κ1) is 16.3. The van der Waals surface area contributed by atoms with Crippen LogP contribution in [0.25, 0.3) is 10.8 Å². The van der Waals surface area contributed by atoms with E-state index in [1.165, 1.54) is 0 Å². The average Bonchev–Trinajstić information content (AvgIpc) is 3.45. The van der Waals surface area contributed by atoms with Gasteiger partial charge < -0.3 is 0 Å². The van der Waals surface area contributed by atoms with Crippen LogP contribution < -0.4 is 4.72 Å². The SMILES string of the molecule is Cc1ccc(S(=O)(=O)N[C@H](c2cccc3ccccc23)C2CC2)cc1. The molecule has 1 saturated carbocycles. The summed E-state index contributed by atoms with van der Waals surface area (Å²) in [6.07, 6.45) is 2.12. The Labute approximate surface area is 148 Å². The van der Waals surface area contributed by atoms with E-state index in [-0.39, 0.29) is 6.04 Å². The van der Waals surface area contributed by atoms with E-state index >= 15 is 0 Å². The number of fused-ring (bicyclic) bond motifs is 1. The van der Waals surface area contributed by atoms with Gasteiger partial charge in [0.25, 0.3) is 0 Å². The van der Waals surface area contributed by atoms with Crippen LogP contribution in [-0.4, -0.2) is 8.42 Å².